The Kier molecular flexibility index (Phi) is 3.80. The number of hydrogen-bond acceptors (Lipinski definition) is 6. The summed E-state index contributed by atoms with van der Waals surface area (Å²) in [5.41, 5.74) is 0. The van der Waals surface area contributed by atoms with Crippen molar-refractivity contribution in [3.05, 3.63) is 0 Å². The fraction of sp³-hybridized carbons (Fsp3) is 0.929. The van der Waals surface area contributed by atoms with Crippen molar-refractivity contribution in [2.24, 2.45) is 0 Å². The molecular weight excluding hydrogens is 306 g/mol. The lowest BCUT2D eigenvalue weighted by Gasteiger charge is -2.46. The molecule has 0 aromatic carbocycles. The highest BCUT2D eigenvalue weighted by molar-refractivity contribution is 6.74. The molecule has 0 radical (unpaired) electrons. The van der Waals surface area contributed by atoms with Crippen LogP contribution in [0.15, 0.2) is 0 Å². The molecule has 2 aliphatic heterocycles. The second-order valence-electron chi connectivity index (χ2n) is 7.75. The van der Waals surface area contributed by atoms with E-state index in [1.165, 1.54) is 0 Å². The summed E-state index contributed by atoms with van der Waals surface area (Å²) in [6, 6.07) is -0.417. The zero-order chi connectivity index (χ0) is 16.3. The SMILES string of the molecule is CC(C)(C)[Si](C)(C)O[C@@H]1[C@@H]2NC(=O)O[C@@H]2[C@@H](O)[C@H]2OCO[C@H]21. The number of aliphatic hydroxyl groups excluding tert-OH is 1. The Morgan fingerprint density at radius 2 is 1.86 bits per heavy atom. The third-order valence-corrected chi connectivity index (χ3v) is 9.79. The van der Waals surface area contributed by atoms with Crippen molar-refractivity contribution in [1.82, 2.24) is 5.32 Å². The first-order chi connectivity index (χ1) is 10.1. The highest BCUT2D eigenvalue weighted by Gasteiger charge is 2.60. The van der Waals surface area contributed by atoms with E-state index in [4.69, 9.17) is 18.6 Å². The van der Waals surface area contributed by atoms with Crippen molar-refractivity contribution in [3.8, 4) is 0 Å². The number of amides is 1. The van der Waals surface area contributed by atoms with Gasteiger partial charge in [-0.3, -0.25) is 0 Å². The third kappa shape index (κ3) is 2.46. The van der Waals surface area contributed by atoms with Gasteiger partial charge in [0, 0.05) is 0 Å². The first kappa shape index (κ1) is 16.2. The fourth-order valence-electron chi connectivity index (χ4n) is 3.01. The molecule has 3 aliphatic rings. The quantitative estimate of drug-likeness (QED) is 0.733. The maximum atomic E-state index is 11.6. The molecule has 0 spiro atoms. The van der Waals surface area contributed by atoms with E-state index < -0.39 is 44.9 Å². The number of carbonyl (C=O) groups is 1. The minimum absolute atomic E-state index is 0.0248. The maximum absolute atomic E-state index is 11.6. The average molecular weight is 331 g/mol. The molecule has 3 rings (SSSR count). The summed E-state index contributed by atoms with van der Waals surface area (Å²) in [5.74, 6) is 0. The molecule has 0 bridgehead atoms. The van der Waals surface area contributed by atoms with Crippen LogP contribution in [0.3, 0.4) is 0 Å². The van der Waals surface area contributed by atoms with Gasteiger partial charge in [-0.05, 0) is 18.1 Å². The molecule has 6 atom stereocenters. The molecule has 7 nitrogen and oxygen atoms in total. The molecule has 3 fully saturated rings. The Balaban J connectivity index is 1.88. The second kappa shape index (κ2) is 5.17. The lowest BCUT2D eigenvalue weighted by molar-refractivity contribution is -0.126. The predicted octanol–water partition coefficient (Wildman–Crippen LogP) is 0.970. The van der Waals surface area contributed by atoms with Crippen molar-refractivity contribution < 1.29 is 28.5 Å². The highest BCUT2D eigenvalue weighted by Crippen LogP contribution is 2.42. The molecule has 2 saturated heterocycles. The van der Waals surface area contributed by atoms with Crippen LogP contribution < -0.4 is 5.32 Å². The van der Waals surface area contributed by atoms with E-state index in [1.54, 1.807) is 0 Å². The molecular formula is C14H25NO6Si. The van der Waals surface area contributed by atoms with Crippen molar-refractivity contribution in [3.63, 3.8) is 0 Å². The Morgan fingerprint density at radius 3 is 2.50 bits per heavy atom. The molecule has 126 valence electrons. The molecule has 0 unspecified atom stereocenters. The Morgan fingerprint density at radius 1 is 1.23 bits per heavy atom. The first-order valence-corrected chi connectivity index (χ1v) is 10.6. The van der Waals surface area contributed by atoms with Crippen molar-refractivity contribution in [2.45, 2.75) is 75.5 Å². The van der Waals surface area contributed by atoms with Gasteiger partial charge in [0.05, 0.1) is 12.1 Å². The van der Waals surface area contributed by atoms with Gasteiger partial charge in [-0.25, -0.2) is 4.79 Å². The van der Waals surface area contributed by atoms with Crippen LogP contribution in [0.5, 0.6) is 0 Å². The van der Waals surface area contributed by atoms with E-state index in [2.05, 4.69) is 39.2 Å². The molecule has 22 heavy (non-hydrogen) atoms. The largest absolute Gasteiger partial charge is 0.441 e. The summed E-state index contributed by atoms with van der Waals surface area (Å²) in [6.45, 7) is 10.9. The number of carbonyl (C=O) groups excluding carboxylic acids is 1. The third-order valence-electron chi connectivity index (χ3n) is 5.31. The standard InChI is InChI=1S/C14H25NO6Si/c1-14(2,3)22(4,5)21-10-7-9(20-13(17)15-7)8(16)11-12(10)19-6-18-11/h7-12,16H,6H2,1-5H3,(H,15,17)/t7-,8-,9+,10-,11-,12+/m1/s1. The van der Waals surface area contributed by atoms with Gasteiger partial charge in [-0.1, -0.05) is 20.8 Å². The van der Waals surface area contributed by atoms with Crippen LogP contribution in [0, 0.1) is 0 Å². The van der Waals surface area contributed by atoms with Gasteiger partial charge in [0.15, 0.2) is 14.4 Å². The summed E-state index contributed by atoms with van der Waals surface area (Å²) in [4.78, 5) is 11.6. The van der Waals surface area contributed by atoms with Crippen LogP contribution in [-0.2, 0) is 18.6 Å². The van der Waals surface area contributed by atoms with Crippen molar-refractivity contribution in [2.75, 3.05) is 6.79 Å². The molecule has 2 N–H and O–H groups in total. The van der Waals surface area contributed by atoms with E-state index in [0.29, 0.717) is 0 Å². The minimum Gasteiger partial charge on any atom is -0.441 e. The van der Waals surface area contributed by atoms with Crippen molar-refractivity contribution in [1.29, 1.82) is 0 Å². The number of rotatable bonds is 2. The topological polar surface area (TPSA) is 86.3 Å². The van der Waals surface area contributed by atoms with Gasteiger partial charge in [-0.2, -0.15) is 0 Å². The fourth-order valence-corrected chi connectivity index (χ4v) is 4.32. The summed E-state index contributed by atoms with van der Waals surface area (Å²) < 4.78 is 22.8. The predicted molar refractivity (Wildman–Crippen MR) is 79.9 cm³/mol. The smallest absolute Gasteiger partial charge is 0.408 e. The van der Waals surface area contributed by atoms with Crippen LogP contribution >= 0.6 is 0 Å². The number of alkyl carbamates (subject to hydrolysis) is 1. The Hall–Kier alpha value is -0.673. The number of hydrogen-bond donors (Lipinski definition) is 2. The lowest BCUT2D eigenvalue weighted by atomic mass is 9.84. The molecule has 1 saturated carbocycles. The van der Waals surface area contributed by atoms with Crippen LogP contribution in [-0.4, -0.2) is 62.9 Å². The van der Waals surface area contributed by atoms with Gasteiger partial charge in [0.1, 0.15) is 25.1 Å². The van der Waals surface area contributed by atoms with Crippen LogP contribution in [0.4, 0.5) is 4.79 Å². The summed E-state index contributed by atoms with van der Waals surface area (Å²) in [5, 5.41) is 13.2. The van der Waals surface area contributed by atoms with E-state index in [0.717, 1.165) is 0 Å². The van der Waals surface area contributed by atoms with Gasteiger partial charge < -0.3 is 29.1 Å². The van der Waals surface area contributed by atoms with Gasteiger partial charge in [0.2, 0.25) is 0 Å². The highest BCUT2D eigenvalue weighted by atomic mass is 28.4. The molecule has 2 heterocycles. The van der Waals surface area contributed by atoms with Gasteiger partial charge in [0.25, 0.3) is 0 Å². The average Bonchev–Trinajstić information content (AvgIpc) is 2.99. The molecule has 0 aromatic heterocycles. The monoisotopic (exact) mass is 331 g/mol. The van der Waals surface area contributed by atoms with Gasteiger partial charge in [-0.15, -0.1) is 0 Å². The molecule has 1 aliphatic carbocycles. The Bertz CT molecular complexity index is 465. The number of aliphatic hydroxyl groups is 1. The summed E-state index contributed by atoms with van der Waals surface area (Å²) in [7, 11) is -2.08. The van der Waals surface area contributed by atoms with Crippen LogP contribution in [0.2, 0.25) is 18.1 Å². The van der Waals surface area contributed by atoms with Crippen molar-refractivity contribution >= 4 is 14.4 Å². The molecule has 0 aromatic rings. The van der Waals surface area contributed by atoms with E-state index in [-0.39, 0.29) is 17.9 Å². The Labute approximate surface area is 131 Å². The zero-order valence-corrected chi connectivity index (χ0v) is 14.7. The lowest BCUT2D eigenvalue weighted by Crippen LogP contribution is -2.66. The normalized spacial score (nSPS) is 41.6. The zero-order valence-electron chi connectivity index (χ0n) is 13.7. The maximum Gasteiger partial charge on any atom is 0.408 e. The van der Waals surface area contributed by atoms with E-state index in [1.807, 2.05) is 0 Å². The second-order valence-corrected chi connectivity index (χ2v) is 12.5. The van der Waals surface area contributed by atoms with E-state index >= 15 is 0 Å². The van der Waals surface area contributed by atoms with E-state index in [9.17, 15) is 9.90 Å². The minimum atomic E-state index is -2.08. The summed E-state index contributed by atoms with van der Waals surface area (Å²) in [6.07, 6.45) is -3.40. The number of ether oxygens (including phenoxy) is 3. The molecule has 8 heteroatoms. The first-order valence-electron chi connectivity index (χ1n) is 7.68. The summed E-state index contributed by atoms with van der Waals surface area (Å²) >= 11 is 0. The molecule has 1 amide bonds. The number of fused-ring (bicyclic) bond motifs is 2. The van der Waals surface area contributed by atoms with Crippen LogP contribution in [0.1, 0.15) is 20.8 Å². The van der Waals surface area contributed by atoms with Gasteiger partial charge >= 0.3 is 6.09 Å². The van der Waals surface area contributed by atoms with Crippen LogP contribution in [0.25, 0.3) is 0 Å². The number of nitrogens with one attached hydrogen (secondary N) is 1.